The maximum absolute atomic E-state index is 12.7. The standard InChI is InChI=1S/C15H26N2O3S/c1-12(2)17(10-11-20-5)21(18,19)15-8-6-14(7-9-15)13(3)16-4/h6-9,12-13,16H,10-11H2,1-5H3. The quantitative estimate of drug-likeness (QED) is 0.797. The van der Waals surface area contributed by atoms with Gasteiger partial charge in [-0.15, -0.1) is 0 Å². The van der Waals surface area contributed by atoms with E-state index in [1.807, 2.05) is 40.0 Å². The van der Waals surface area contributed by atoms with Gasteiger partial charge in [-0.05, 0) is 45.5 Å². The zero-order chi connectivity index (χ0) is 16.0. The van der Waals surface area contributed by atoms with Gasteiger partial charge in [0, 0.05) is 25.7 Å². The molecule has 1 unspecified atom stereocenters. The minimum Gasteiger partial charge on any atom is -0.383 e. The molecule has 0 aromatic heterocycles. The number of hydrogen-bond donors (Lipinski definition) is 1. The molecule has 0 bridgehead atoms. The number of nitrogens with one attached hydrogen (secondary N) is 1. The molecule has 21 heavy (non-hydrogen) atoms. The Hall–Kier alpha value is -0.950. The second-order valence-corrected chi connectivity index (χ2v) is 7.17. The van der Waals surface area contributed by atoms with Crippen LogP contribution >= 0.6 is 0 Å². The van der Waals surface area contributed by atoms with Crippen molar-refractivity contribution in [3.05, 3.63) is 29.8 Å². The summed E-state index contributed by atoms with van der Waals surface area (Å²) in [7, 11) is -0.0448. The van der Waals surface area contributed by atoms with E-state index in [0.717, 1.165) is 5.56 Å². The smallest absolute Gasteiger partial charge is 0.243 e. The molecule has 0 aliphatic carbocycles. The Bertz CT molecular complexity index is 526. The molecule has 1 aromatic carbocycles. The molecule has 0 saturated heterocycles. The van der Waals surface area contributed by atoms with Gasteiger partial charge in [0.2, 0.25) is 10.0 Å². The second-order valence-electron chi connectivity index (χ2n) is 5.28. The number of benzene rings is 1. The topological polar surface area (TPSA) is 58.6 Å². The Morgan fingerprint density at radius 3 is 2.19 bits per heavy atom. The predicted octanol–water partition coefficient (Wildman–Crippen LogP) is 2.01. The van der Waals surface area contributed by atoms with Crippen LogP contribution in [0.1, 0.15) is 32.4 Å². The SMILES string of the molecule is CNC(C)c1ccc(S(=O)(=O)N(CCOC)C(C)C)cc1. The van der Waals surface area contributed by atoms with Crippen LogP contribution in [0.15, 0.2) is 29.2 Å². The molecule has 0 fully saturated rings. The lowest BCUT2D eigenvalue weighted by Gasteiger charge is -2.25. The highest BCUT2D eigenvalue weighted by molar-refractivity contribution is 7.89. The Labute approximate surface area is 128 Å². The molecule has 120 valence electrons. The zero-order valence-electron chi connectivity index (χ0n) is 13.5. The van der Waals surface area contributed by atoms with Crippen LogP contribution in [0, 0.1) is 0 Å². The summed E-state index contributed by atoms with van der Waals surface area (Å²) in [5.41, 5.74) is 1.06. The van der Waals surface area contributed by atoms with Crippen molar-refractivity contribution in [1.29, 1.82) is 0 Å². The van der Waals surface area contributed by atoms with Crippen molar-refractivity contribution in [3.8, 4) is 0 Å². The van der Waals surface area contributed by atoms with Gasteiger partial charge in [0.1, 0.15) is 0 Å². The first-order valence-corrected chi connectivity index (χ1v) is 8.56. The minimum absolute atomic E-state index is 0.110. The Kier molecular flexibility index (Phi) is 6.80. The zero-order valence-corrected chi connectivity index (χ0v) is 14.3. The van der Waals surface area contributed by atoms with Crippen LogP contribution in [-0.2, 0) is 14.8 Å². The van der Waals surface area contributed by atoms with E-state index in [1.54, 1.807) is 19.2 Å². The minimum atomic E-state index is -3.49. The van der Waals surface area contributed by atoms with Gasteiger partial charge in [-0.2, -0.15) is 4.31 Å². The summed E-state index contributed by atoms with van der Waals surface area (Å²) in [5, 5.41) is 3.13. The lowest BCUT2D eigenvalue weighted by atomic mass is 10.1. The molecule has 1 aromatic rings. The average molecular weight is 314 g/mol. The molecule has 1 N–H and O–H groups in total. The molecule has 0 spiro atoms. The van der Waals surface area contributed by atoms with Gasteiger partial charge in [-0.1, -0.05) is 12.1 Å². The third-order valence-corrected chi connectivity index (χ3v) is 5.60. The molecule has 0 aliphatic rings. The summed E-state index contributed by atoms with van der Waals surface area (Å²) in [6.45, 7) is 6.50. The van der Waals surface area contributed by atoms with Crippen molar-refractivity contribution in [2.45, 2.75) is 37.8 Å². The summed E-state index contributed by atoms with van der Waals surface area (Å²) in [5.74, 6) is 0. The van der Waals surface area contributed by atoms with Crippen LogP contribution in [0.4, 0.5) is 0 Å². The van der Waals surface area contributed by atoms with E-state index in [0.29, 0.717) is 18.0 Å². The van der Waals surface area contributed by atoms with Crippen molar-refractivity contribution in [2.24, 2.45) is 0 Å². The summed E-state index contributed by atoms with van der Waals surface area (Å²) in [6.07, 6.45) is 0. The van der Waals surface area contributed by atoms with Gasteiger partial charge < -0.3 is 10.1 Å². The number of ether oxygens (including phenoxy) is 1. The van der Waals surface area contributed by atoms with E-state index in [4.69, 9.17) is 4.74 Å². The van der Waals surface area contributed by atoms with E-state index in [9.17, 15) is 8.42 Å². The number of rotatable bonds is 8. The fourth-order valence-corrected chi connectivity index (χ4v) is 3.69. The maximum Gasteiger partial charge on any atom is 0.243 e. The van der Waals surface area contributed by atoms with Gasteiger partial charge >= 0.3 is 0 Å². The molecule has 0 radical (unpaired) electrons. The normalized spacial score (nSPS) is 13.9. The monoisotopic (exact) mass is 314 g/mol. The van der Waals surface area contributed by atoms with E-state index in [-0.39, 0.29) is 12.1 Å². The largest absolute Gasteiger partial charge is 0.383 e. The van der Waals surface area contributed by atoms with Crippen LogP contribution in [0.25, 0.3) is 0 Å². The first-order valence-electron chi connectivity index (χ1n) is 7.12. The van der Waals surface area contributed by atoms with Gasteiger partial charge in [0.25, 0.3) is 0 Å². The van der Waals surface area contributed by atoms with Crippen LogP contribution in [0.2, 0.25) is 0 Å². The van der Waals surface area contributed by atoms with Gasteiger partial charge in [0.05, 0.1) is 11.5 Å². The van der Waals surface area contributed by atoms with Crippen molar-refractivity contribution >= 4 is 10.0 Å². The molecule has 0 saturated carbocycles. The van der Waals surface area contributed by atoms with Gasteiger partial charge in [0.15, 0.2) is 0 Å². The Balaban J connectivity index is 3.05. The summed E-state index contributed by atoms with van der Waals surface area (Å²) in [4.78, 5) is 0.319. The number of sulfonamides is 1. The molecular weight excluding hydrogens is 288 g/mol. The van der Waals surface area contributed by atoms with Crippen molar-refractivity contribution in [2.75, 3.05) is 27.3 Å². The third-order valence-electron chi connectivity index (χ3n) is 3.51. The van der Waals surface area contributed by atoms with Crippen molar-refractivity contribution in [3.63, 3.8) is 0 Å². The lowest BCUT2D eigenvalue weighted by Crippen LogP contribution is -2.39. The van der Waals surface area contributed by atoms with Crippen LogP contribution in [0.3, 0.4) is 0 Å². The van der Waals surface area contributed by atoms with Crippen LogP contribution < -0.4 is 5.32 Å². The summed E-state index contributed by atoms with van der Waals surface area (Å²) in [6, 6.07) is 7.12. The van der Waals surface area contributed by atoms with E-state index in [2.05, 4.69) is 5.32 Å². The predicted molar refractivity (Wildman–Crippen MR) is 84.8 cm³/mol. The number of methoxy groups -OCH3 is 1. The molecular formula is C15H26N2O3S. The first-order chi connectivity index (χ1) is 9.84. The first kappa shape index (κ1) is 18.1. The summed E-state index contributed by atoms with van der Waals surface area (Å²) >= 11 is 0. The van der Waals surface area contributed by atoms with Gasteiger partial charge in [-0.25, -0.2) is 8.42 Å². The molecule has 0 aliphatic heterocycles. The number of nitrogens with zero attached hydrogens (tertiary/aromatic N) is 1. The molecule has 5 nitrogen and oxygen atoms in total. The van der Waals surface area contributed by atoms with Crippen molar-refractivity contribution in [1.82, 2.24) is 9.62 Å². The van der Waals surface area contributed by atoms with E-state index in [1.165, 1.54) is 4.31 Å². The maximum atomic E-state index is 12.7. The van der Waals surface area contributed by atoms with Gasteiger partial charge in [-0.3, -0.25) is 0 Å². The Morgan fingerprint density at radius 1 is 1.19 bits per heavy atom. The van der Waals surface area contributed by atoms with E-state index < -0.39 is 10.0 Å². The summed E-state index contributed by atoms with van der Waals surface area (Å²) < 4.78 is 31.8. The molecule has 0 heterocycles. The fourth-order valence-electron chi connectivity index (χ4n) is 2.07. The third kappa shape index (κ3) is 4.51. The molecule has 6 heteroatoms. The highest BCUT2D eigenvalue weighted by atomic mass is 32.2. The lowest BCUT2D eigenvalue weighted by molar-refractivity contribution is 0.171. The molecule has 1 rings (SSSR count). The fraction of sp³-hybridized carbons (Fsp3) is 0.600. The highest BCUT2D eigenvalue weighted by Crippen LogP contribution is 2.20. The molecule has 0 amide bonds. The van der Waals surface area contributed by atoms with E-state index >= 15 is 0 Å². The van der Waals surface area contributed by atoms with Crippen LogP contribution in [-0.4, -0.2) is 46.1 Å². The Morgan fingerprint density at radius 2 is 1.76 bits per heavy atom. The van der Waals surface area contributed by atoms with Crippen LogP contribution in [0.5, 0.6) is 0 Å². The highest BCUT2D eigenvalue weighted by Gasteiger charge is 2.26. The number of hydrogen-bond acceptors (Lipinski definition) is 4. The average Bonchev–Trinajstić information content (AvgIpc) is 2.46. The van der Waals surface area contributed by atoms with Crippen molar-refractivity contribution < 1.29 is 13.2 Å². The molecule has 1 atom stereocenters. The second kappa shape index (κ2) is 7.89.